The Balaban J connectivity index is 1.85. The van der Waals surface area contributed by atoms with Crippen molar-refractivity contribution in [3.63, 3.8) is 0 Å². The van der Waals surface area contributed by atoms with Crippen LogP contribution in [0.4, 0.5) is 10.1 Å². The van der Waals surface area contributed by atoms with E-state index in [4.69, 9.17) is 4.84 Å². The summed E-state index contributed by atoms with van der Waals surface area (Å²) in [6.45, 7) is -0.288. The van der Waals surface area contributed by atoms with Crippen LogP contribution in [0.5, 0.6) is 0 Å². The molecule has 0 saturated heterocycles. The lowest BCUT2D eigenvalue weighted by Gasteiger charge is -2.11. The summed E-state index contributed by atoms with van der Waals surface area (Å²) in [5.41, 5.74) is 1.61. The quantitative estimate of drug-likeness (QED) is 0.647. The van der Waals surface area contributed by atoms with Crippen LogP contribution in [-0.4, -0.2) is 43.6 Å². The number of hydrogen-bond donors (Lipinski definition) is 1. The molecule has 2 amide bonds. The number of oxime groups is 1. The highest BCUT2D eigenvalue weighted by atomic mass is 19.1. The standard InChI is InChI=1S/C18H18FN3O3/c1-22(2)18(24)14-4-3-5-16(10-14)21-17(23)12-25-20-11-13-6-8-15(19)9-7-13/h3-11H,12H2,1-2H3,(H,21,23)/b20-11+. The number of hydrogen-bond acceptors (Lipinski definition) is 4. The minimum Gasteiger partial charge on any atom is -0.386 e. The molecule has 0 spiro atoms. The number of halogens is 1. The van der Waals surface area contributed by atoms with Gasteiger partial charge in [0.05, 0.1) is 6.21 Å². The van der Waals surface area contributed by atoms with Crippen LogP contribution in [0.15, 0.2) is 53.7 Å². The second-order valence-electron chi connectivity index (χ2n) is 5.39. The van der Waals surface area contributed by atoms with Gasteiger partial charge in [-0.3, -0.25) is 9.59 Å². The van der Waals surface area contributed by atoms with Crippen LogP contribution in [0.25, 0.3) is 0 Å². The molecule has 0 radical (unpaired) electrons. The van der Waals surface area contributed by atoms with E-state index in [0.29, 0.717) is 16.8 Å². The Bertz CT molecular complexity index is 773. The summed E-state index contributed by atoms with van der Waals surface area (Å²) < 4.78 is 12.8. The van der Waals surface area contributed by atoms with E-state index < -0.39 is 5.91 Å². The van der Waals surface area contributed by atoms with Gasteiger partial charge in [0.1, 0.15) is 5.82 Å². The minimum absolute atomic E-state index is 0.156. The molecule has 1 N–H and O–H groups in total. The van der Waals surface area contributed by atoms with Crippen LogP contribution in [-0.2, 0) is 9.63 Å². The molecule has 2 aromatic rings. The van der Waals surface area contributed by atoms with Crippen LogP contribution in [0.3, 0.4) is 0 Å². The first-order chi connectivity index (χ1) is 12.0. The second kappa shape index (κ2) is 8.58. The highest BCUT2D eigenvalue weighted by molar-refractivity contribution is 5.97. The molecule has 0 bridgehead atoms. The zero-order chi connectivity index (χ0) is 18.2. The molecule has 6 nitrogen and oxygen atoms in total. The highest BCUT2D eigenvalue weighted by Gasteiger charge is 2.09. The third-order valence-electron chi connectivity index (χ3n) is 3.14. The predicted octanol–water partition coefficient (Wildman–Crippen LogP) is 2.52. The molecule has 0 fully saturated rings. The summed E-state index contributed by atoms with van der Waals surface area (Å²) in [4.78, 5) is 30.1. The fraction of sp³-hybridized carbons (Fsp3) is 0.167. The first-order valence-electron chi connectivity index (χ1n) is 7.48. The van der Waals surface area contributed by atoms with E-state index in [0.717, 1.165) is 0 Å². The molecule has 0 aromatic heterocycles. The van der Waals surface area contributed by atoms with Crippen LogP contribution < -0.4 is 5.32 Å². The van der Waals surface area contributed by atoms with Gasteiger partial charge in [-0.1, -0.05) is 23.4 Å². The zero-order valence-corrected chi connectivity index (χ0v) is 13.9. The van der Waals surface area contributed by atoms with Gasteiger partial charge in [0.15, 0.2) is 6.61 Å². The Labute approximate surface area is 144 Å². The van der Waals surface area contributed by atoms with Gasteiger partial charge in [-0.15, -0.1) is 0 Å². The number of anilines is 1. The van der Waals surface area contributed by atoms with E-state index in [1.807, 2.05) is 0 Å². The lowest BCUT2D eigenvalue weighted by molar-refractivity contribution is -0.120. The Morgan fingerprint density at radius 1 is 1.20 bits per heavy atom. The molecule has 0 aliphatic heterocycles. The third kappa shape index (κ3) is 5.72. The Kier molecular flexibility index (Phi) is 6.22. The first kappa shape index (κ1) is 18.1. The number of carbonyl (C=O) groups is 2. The van der Waals surface area contributed by atoms with E-state index >= 15 is 0 Å². The van der Waals surface area contributed by atoms with Gasteiger partial charge >= 0.3 is 0 Å². The largest absolute Gasteiger partial charge is 0.386 e. The van der Waals surface area contributed by atoms with Gasteiger partial charge in [0, 0.05) is 25.3 Å². The summed E-state index contributed by atoms with van der Waals surface area (Å²) in [5, 5.41) is 6.28. The molecule has 0 unspecified atom stereocenters. The number of rotatable bonds is 6. The van der Waals surface area contributed by atoms with Crippen molar-refractivity contribution in [2.45, 2.75) is 0 Å². The Morgan fingerprint density at radius 2 is 1.92 bits per heavy atom. The molecule has 25 heavy (non-hydrogen) atoms. The van der Waals surface area contributed by atoms with Crippen LogP contribution in [0.2, 0.25) is 0 Å². The SMILES string of the molecule is CN(C)C(=O)c1cccc(NC(=O)CO/N=C/c2ccc(F)cc2)c1. The van der Waals surface area contributed by atoms with Crippen molar-refractivity contribution >= 4 is 23.7 Å². The van der Waals surface area contributed by atoms with E-state index in [2.05, 4.69) is 10.5 Å². The zero-order valence-electron chi connectivity index (χ0n) is 13.9. The van der Waals surface area contributed by atoms with Crippen molar-refractivity contribution in [1.82, 2.24) is 4.90 Å². The summed E-state index contributed by atoms with van der Waals surface area (Å²) in [6, 6.07) is 12.3. The molecule has 0 aliphatic rings. The van der Waals surface area contributed by atoms with Crippen molar-refractivity contribution < 1.29 is 18.8 Å². The third-order valence-corrected chi connectivity index (χ3v) is 3.14. The summed E-state index contributed by atoms with van der Waals surface area (Å²) in [7, 11) is 3.31. The molecule has 0 aliphatic carbocycles. The van der Waals surface area contributed by atoms with Gasteiger partial charge < -0.3 is 15.1 Å². The maximum atomic E-state index is 12.8. The van der Waals surface area contributed by atoms with Gasteiger partial charge in [-0.2, -0.15) is 0 Å². The van der Waals surface area contributed by atoms with E-state index in [1.165, 1.54) is 35.4 Å². The van der Waals surface area contributed by atoms with Crippen LogP contribution in [0.1, 0.15) is 15.9 Å². The molecular formula is C18H18FN3O3. The average Bonchev–Trinajstić information content (AvgIpc) is 2.59. The fourth-order valence-corrected chi connectivity index (χ4v) is 1.93. The fourth-order valence-electron chi connectivity index (χ4n) is 1.93. The number of benzene rings is 2. The summed E-state index contributed by atoms with van der Waals surface area (Å²) >= 11 is 0. The van der Waals surface area contributed by atoms with Gasteiger partial charge in [-0.25, -0.2) is 4.39 Å². The molecule has 2 rings (SSSR count). The topological polar surface area (TPSA) is 71.0 Å². The molecular weight excluding hydrogens is 325 g/mol. The van der Waals surface area contributed by atoms with Gasteiger partial charge in [0.2, 0.25) is 0 Å². The molecule has 0 heterocycles. The molecule has 7 heteroatoms. The molecule has 2 aromatic carbocycles. The number of nitrogens with one attached hydrogen (secondary N) is 1. The number of nitrogens with zero attached hydrogens (tertiary/aromatic N) is 2. The van der Waals surface area contributed by atoms with Crippen molar-refractivity contribution in [2.24, 2.45) is 5.16 Å². The normalized spacial score (nSPS) is 10.5. The Hall–Kier alpha value is -3.22. The lowest BCUT2D eigenvalue weighted by Crippen LogP contribution is -2.22. The predicted molar refractivity (Wildman–Crippen MR) is 93.0 cm³/mol. The molecule has 130 valence electrons. The van der Waals surface area contributed by atoms with Crippen LogP contribution in [0, 0.1) is 5.82 Å². The van der Waals surface area contributed by atoms with Gasteiger partial charge in [0.25, 0.3) is 11.8 Å². The van der Waals surface area contributed by atoms with Crippen molar-refractivity contribution in [1.29, 1.82) is 0 Å². The average molecular weight is 343 g/mol. The highest BCUT2D eigenvalue weighted by Crippen LogP contribution is 2.12. The molecule has 0 saturated carbocycles. The second-order valence-corrected chi connectivity index (χ2v) is 5.39. The maximum absolute atomic E-state index is 12.8. The van der Waals surface area contributed by atoms with Crippen molar-refractivity contribution in [2.75, 3.05) is 26.0 Å². The monoisotopic (exact) mass is 343 g/mol. The van der Waals surface area contributed by atoms with Gasteiger partial charge in [-0.05, 0) is 35.9 Å². The Morgan fingerprint density at radius 3 is 2.60 bits per heavy atom. The number of amides is 2. The summed E-state index contributed by atoms with van der Waals surface area (Å²) in [5.74, 6) is -0.908. The minimum atomic E-state index is -0.411. The van der Waals surface area contributed by atoms with Crippen molar-refractivity contribution in [3.05, 3.63) is 65.5 Å². The molecule has 0 atom stereocenters. The van der Waals surface area contributed by atoms with Crippen LogP contribution >= 0.6 is 0 Å². The van der Waals surface area contributed by atoms with Crippen molar-refractivity contribution in [3.8, 4) is 0 Å². The van der Waals surface area contributed by atoms with E-state index in [1.54, 1.807) is 38.4 Å². The maximum Gasteiger partial charge on any atom is 0.265 e. The summed E-state index contributed by atoms with van der Waals surface area (Å²) in [6.07, 6.45) is 1.38. The number of carbonyl (C=O) groups excluding carboxylic acids is 2. The smallest absolute Gasteiger partial charge is 0.265 e. The lowest BCUT2D eigenvalue weighted by atomic mass is 10.2. The van der Waals surface area contributed by atoms with E-state index in [9.17, 15) is 14.0 Å². The van der Waals surface area contributed by atoms with E-state index in [-0.39, 0.29) is 18.3 Å². The first-order valence-corrected chi connectivity index (χ1v) is 7.48.